The molecular weight excluding hydrogens is 339 g/mol. The largest absolute Gasteiger partial charge is 0.481 e. The highest BCUT2D eigenvalue weighted by Gasteiger charge is 2.40. The van der Waals surface area contributed by atoms with Gasteiger partial charge in [0.25, 0.3) is 0 Å². The molecule has 23 heavy (non-hydrogen) atoms. The fourth-order valence-corrected chi connectivity index (χ4v) is 3.36. The van der Waals surface area contributed by atoms with E-state index in [0.717, 1.165) is 5.56 Å². The molecule has 1 aromatic rings. The van der Waals surface area contributed by atoms with Gasteiger partial charge in [0.05, 0.1) is 18.0 Å². The van der Waals surface area contributed by atoms with Gasteiger partial charge in [-0.2, -0.15) is 0 Å². The van der Waals surface area contributed by atoms with Crippen molar-refractivity contribution < 1.29 is 14.7 Å². The zero-order valence-corrected chi connectivity index (χ0v) is 14.6. The summed E-state index contributed by atoms with van der Waals surface area (Å²) in [6.45, 7) is 4.72. The molecule has 0 bridgehead atoms. The molecule has 0 saturated carbocycles. The zero-order valence-electron chi connectivity index (χ0n) is 13.1. The van der Waals surface area contributed by atoms with Crippen molar-refractivity contribution in [2.75, 3.05) is 19.6 Å². The second-order valence-corrected chi connectivity index (χ2v) is 7.13. The summed E-state index contributed by atoms with van der Waals surface area (Å²) in [4.78, 5) is 25.3. The first-order valence-electron chi connectivity index (χ1n) is 7.41. The van der Waals surface area contributed by atoms with Crippen molar-refractivity contribution in [3.63, 3.8) is 0 Å². The molecule has 5 nitrogen and oxygen atoms in total. The van der Waals surface area contributed by atoms with E-state index in [9.17, 15) is 14.7 Å². The molecule has 2 atom stereocenters. The lowest BCUT2D eigenvalue weighted by Crippen LogP contribution is -2.39. The van der Waals surface area contributed by atoms with E-state index in [4.69, 9.17) is 23.2 Å². The number of halogens is 2. The summed E-state index contributed by atoms with van der Waals surface area (Å²) in [6, 6.07) is 4.90. The molecule has 2 rings (SSSR count). The average molecular weight is 359 g/mol. The molecule has 1 saturated heterocycles. The van der Waals surface area contributed by atoms with Gasteiger partial charge >= 0.3 is 5.97 Å². The van der Waals surface area contributed by atoms with Gasteiger partial charge in [0, 0.05) is 16.6 Å². The van der Waals surface area contributed by atoms with Crippen molar-refractivity contribution in [3.05, 3.63) is 33.8 Å². The minimum absolute atomic E-state index is 0.154. The molecule has 1 fully saturated rings. The molecule has 1 aliphatic rings. The molecule has 0 radical (unpaired) electrons. The van der Waals surface area contributed by atoms with Crippen molar-refractivity contribution in [2.24, 2.45) is 5.41 Å². The number of carboxylic acid groups (broad SMARTS) is 1. The second-order valence-electron chi connectivity index (χ2n) is 6.28. The number of rotatable bonds is 5. The van der Waals surface area contributed by atoms with E-state index in [2.05, 4.69) is 5.32 Å². The van der Waals surface area contributed by atoms with Crippen LogP contribution in [0.4, 0.5) is 0 Å². The smallest absolute Gasteiger partial charge is 0.310 e. The van der Waals surface area contributed by atoms with Crippen LogP contribution in [0, 0.1) is 5.41 Å². The summed E-state index contributed by atoms with van der Waals surface area (Å²) in [5, 5.41) is 13.2. The number of carbonyl (C=O) groups excluding carboxylic acids is 1. The Morgan fingerprint density at radius 2 is 2.13 bits per heavy atom. The van der Waals surface area contributed by atoms with Crippen LogP contribution in [0.5, 0.6) is 0 Å². The van der Waals surface area contributed by atoms with Crippen molar-refractivity contribution in [1.29, 1.82) is 0 Å². The van der Waals surface area contributed by atoms with E-state index in [1.54, 1.807) is 25.1 Å². The molecule has 126 valence electrons. The maximum atomic E-state index is 12.2. The summed E-state index contributed by atoms with van der Waals surface area (Å²) in [5.41, 5.74) is 0.0204. The lowest BCUT2D eigenvalue weighted by molar-refractivity contribution is -0.147. The molecule has 1 amide bonds. The normalized spacial score (nSPS) is 22.8. The van der Waals surface area contributed by atoms with Crippen molar-refractivity contribution in [1.82, 2.24) is 10.2 Å². The van der Waals surface area contributed by atoms with Crippen LogP contribution in [0.2, 0.25) is 10.0 Å². The predicted molar refractivity (Wildman–Crippen MR) is 89.8 cm³/mol. The van der Waals surface area contributed by atoms with Crippen LogP contribution in [0.15, 0.2) is 18.2 Å². The van der Waals surface area contributed by atoms with Crippen molar-refractivity contribution in [2.45, 2.75) is 26.3 Å². The second kappa shape index (κ2) is 7.07. The Balaban J connectivity index is 1.91. The molecule has 1 heterocycles. The molecule has 0 aliphatic carbocycles. The Bertz CT molecular complexity index is 623. The maximum absolute atomic E-state index is 12.2. The minimum Gasteiger partial charge on any atom is -0.481 e. The Morgan fingerprint density at radius 3 is 2.70 bits per heavy atom. The first-order valence-corrected chi connectivity index (χ1v) is 8.17. The topological polar surface area (TPSA) is 69.6 Å². The highest BCUT2D eigenvalue weighted by atomic mass is 35.5. The third kappa shape index (κ3) is 4.37. The lowest BCUT2D eigenvalue weighted by Gasteiger charge is -2.21. The van der Waals surface area contributed by atoms with Crippen LogP contribution in [0.3, 0.4) is 0 Å². The number of hydrogen-bond donors (Lipinski definition) is 2. The molecule has 2 unspecified atom stereocenters. The fraction of sp³-hybridized carbons (Fsp3) is 0.500. The summed E-state index contributed by atoms with van der Waals surface area (Å²) in [5.74, 6) is -0.972. The van der Waals surface area contributed by atoms with Gasteiger partial charge < -0.3 is 10.4 Å². The number of benzene rings is 1. The molecule has 7 heteroatoms. The van der Waals surface area contributed by atoms with E-state index in [-0.39, 0.29) is 18.5 Å². The molecule has 1 aliphatic heterocycles. The van der Waals surface area contributed by atoms with E-state index in [0.29, 0.717) is 29.6 Å². The average Bonchev–Trinajstić information content (AvgIpc) is 2.81. The van der Waals surface area contributed by atoms with Crippen LogP contribution in [-0.2, 0) is 9.59 Å². The SMILES string of the molecule is CC(NC(=O)CN1CCC(C)(C(=O)O)C1)c1ccc(Cl)cc1Cl. The van der Waals surface area contributed by atoms with Gasteiger partial charge in [0.1, 0.15) is 0 Å². The van der Waals surface area contributed by atoms with Gasteiger partial charge in [-0.3, -0.25) is 14.5 Å². The number of amides is 1. The lowest BCUT2D eigenvalue weighted by atomic mass is 9.90. The Labute approximate surface area is 145 Å². The quantitative estimate of drug-likeness (QED) is 0.848. The molecule has 1 aromatic carbocycles. The van der Waals surface area contributed by atoms with E-state index < -0.39 is 11.4 Å². The van der Waals surface area contributed by atoms with Gasteiger partial charge in [-0.1, -0.05) is 29.3 Å². The van der Waals surface area contributed by atoms with Gasteiger partial charge in [-0.25, -0.2) is 0 Å². The Kier molecular flexibility index (Phi) is 5.55. The first kappa shape index (κ1) is 18.0. The number of hydrogen-bond acceptors (Lipinski definition) is 3. The van der Waals surface area contributed by atoms with Crippen LogP contribution in [0.1, 0.15) is 31.9 Å². The van der Waals surface area contributed by atoms with E-state index in [1.807, 2.05) is 11.8 Å². The number of nitrogens with one attached hydrogen (secondary N) is 1. The Morgan fingerprint density at radius 1 is 1.43 bits per heavy atom. The van der Waals surface area contributed by atoms with E-state index in [1.165, 1.54) is 0 Å². The predicted octanol–water partition coefficient (Wildman–Crippen LogP) is 2.97. The highest BCUT2D eigenvalue weighted by Crippen LogP contribution is 2.30. The number of carboxylic acids is 1. The standard InChI is InChI=1S/C16H20Cl2N2O3/c1-10(12-4-3-11(17)7-13(12)18)19-14(21)8-20-6-5-16(2,9-20)15(22)23/h3-4,7,10H,5-6,8-9H2,1-2H3,(H,19,21)(H,22,23). The van der Waals surface area contributed by atoms with Crippen LogP contribution >= 0.6 is 23.2 Å². The van der Waals surface area contributed by atoms with Crippen molar-refractivity contribution >= 4 is 35.1 Å². The number of nitrogens with zero attached hydrogens (tertiary/aromatic N) is 1. The highest BCUT2D eigenvalue weighted by molar-refractivity contribution is 6.35. The van der Waals surface area contributed by atoms with Gasteiger partial charge in [0.15, 0.2) is 0 Å². The number of aliphatic carboxylic acids is 1. The van der Waals surface area contributed by atoms with Crippen LogP contribution in [-0.4, -0.2) is 41.5 Å². The summed E-state index contributed by atoms with van der Waals surface area (Å²) in [6.07, 6.45) is 0.550. The van der Waals surface area contributed by atoms with Crippen LogP contribution in [0.25, 0.3) is 0 Å². The third-order valence-corrected chi connectivity index (χ3v) is 4.80. The van der Waals surface area contributed by atoms with Gasteiger partial charge in [-0.15, -0.1) is 0 Å². The molecular formula is C16H20Cl2N2O3. The molecule has 0 aromatic heterocycles. The van der Waals surface area contributed by atoms with E-state index >= 15 is 0 Å². The van der Waals surface area contributed by atoms with Crippen LogP contribution < -0.4 is 5.32 Å². The number of likely N-dealkylation sites (tertiary alicyclic amines) is 1. The maximum Gasteiger partial charge on any atom is 0.310 e. The number of carbonyl (C=O) groups is 2. The zero-order chi connectivity index (χ0) is 17.2. The fourth-order valence-electron chi connectivity index (χ4n) is 2.79. The van der Waals surface area contributed by atoms with Gasteiger partial charge in [0.2, 0.25) is 5.91 Å². The minimum atomic E-state index is -0.818. The van der Waals surface area contributed by atoms with Gasteiger partial charge in [-0.05, 0) is 44.5 Å². The van der Waals surface area contributed by atoms with Crippen molar-refractivity contribution in [3.8, 4) is 0 Å². The monoisotopic (exact) mass is 358 g/mol. The third-order valence-electron chi connectivity index (χ3n) is 4.24. The Hall–Kier alpha value is -1.30. The molecule has 2 N–H and O–H groups in total. The molecule has 0 spiro atoms. The summed E-state index contributed by atoms with van der Waals surface area (Å²) < 4.78 is 0. The summed E-state index contributed by atoms with van der Waals surface area (Å²) in [7, 11) is 0. The first-order chi connectivity index (χ1) is 10.7. The summed E-state index contributed by atoms with van der Waals surface area (Å²) >= 11 is 12.0.